The first-order chi connectivity index (χ1) is 11.0. The number of carbonyl (C=O) groups excluding carboxylic acids is 1. The quantitative estimate of drug-likeness (QED) is 0.677. The lowest BCUT2D eigenvalue weighted by atomic mass is 10.1. The maximum atomic E-state index is 13.6. The lowest BCUT2D eigenvalue weighted by Crippen LogP contribution is -2.19. The Hall–Kier alpha value is -2.76. The molecular formula is C17H16F2N2O2. The van der Waals surface area contributed by atoms with Crippen LogP contribution in [0.15, 0.2) is 47.6 Å². The molecule has 23 heavy (non-hydrogen) atoms. The lowest BCUT2D eigenvalue weighted by molar-refractivity contribution is 0.0955. The van der Waals surface area contributed by atoms with Crippen molar-refractivity contribution in [3.8, 4) is 5.75 Å². The third kappa shape index (κ3) is 4.35. The fraction of sp³-hybridized carbons (Fsp3) is 0.176. The highest BCUT2D eigenvalue weighted by Gasteiger charge is 2.09. The summed E-state index contributed by atoms with van der Waals surface area (Å²) in [5.41, 5.74) is 2.86. The summed E-state index contributed by atoms with van der Waals surface area (Å²) in [4.78, 5) is 12.0. The zero-order valence-electron chi connectivity index (χ0n) is 12.8. The Balaban J connectivity index is 2.09. The van der Waals surface area contributed by atoms with Crippen LogP contribution in [-0.2, 0) is 0 Å². The molecule has 0 unspecified atom stereocenters. The van der Waals surface area contributed by atoms with E-state index in [0.717, 1.165) is 18.2 Å². The minimum absolute atomic E-state index is 0.00278. The molecule has 0 aliphatic heterocycles. The largest absolute Gasteiger partial charge is 0.494 e. The molecule has 0 bridgehead atoms. The molecule has 2 aromatic carbocycles. The van der Waals surface area contributed by atoms with Gasteiger partial charge >= 0.3 is 0 Å². The van der Waals surface area contributed by atoms with E-state index >= 15 is 0 Å². The fourth-order valence-corrected chi connectivity index (χ4v) is 1.90. The molecule has 0 aromatic heterocycles. The number of hydrogen-bond acceptors (Lipinski definition) is 3. The number of rotatable bonds is 5. The van der Waals surface area contributed by atoms with Crippen LogP contribution in [0.25, 0.3) is 0 Å². The molecular weight excluding hydrogens is 302 g/mol. The van der Waals surface area contributed by atoms with E-state index in [1.165, 1.54) is 6.92 Å². The molecule has 6 heteroatoms. The second-order valence-electron chi connectivity index (χ2n) is 4.72. The number of halogens is 2. The Morgan fingerprint density at radius 1 is 1.17 bits per heavy atom. The van der Waals surface area contributed by atoms with Crippen LogP contribution in [0.2, 0.25) is 0 Å². The summed E-state index contributed by atoms with van der Waals surface area (Å²) in [6.45, 7) is 3.88. The number of nitrogens with zero attached hydrogens (tertiary/aromatic N) is 1. The third-order valence-electron chi connectivity index (χ3n) is 3.07. The highest BCUT2D eigenvalue weighted by Crippen LogP contribution is 2.13. The van der Waals surface area contributed by atoms with Gasteiger partial charge in [-0.1, -0.05) is 0 Å². The number of hydrazone groups is 1. The van der Waals surface area contributed by atoms with Gasteiger partial charge in [0, 0.05) is 11.1 Å². The summed E-state index contributed by atoms with van der Waals surface area (Å²) in [5, 5.41) is 3.81. The average Bonchev–Trinajstić information content (AvgIpc) is 2.55. The van der Waals surface area contributed by atoms with Crippen molar-refractivity contribution in [3.63, 3.8) is 0 Å². The van der Waals surface area contributed by atoms with Crippen LogP contribution in [0.3, 0.4) is 0 Å². The van der Waals surface area contributed by atoms with Crippen molar-refractivity contribution in [3.05, 3.63) is 65.2 Å². The zero-order chi connectivity index (χ0) is 16.8. The standard InChI is InChI=1S/C17H16F2N2O2/c1-3-23-14-7-4-12(5-8-14)17(22)21-20-11(2)15-10-13(18)6-9-16(15)19/h4-10H,3H2,1-2H3,(H,21,22)/b20-11-. The van der Waals surface area contributed by atoms with Crippen molar-refractivity contribution < 1.29 is 18.3 Å². The van der Waals surface area contributed by atoms with Crippen molar-refractivity contribution in [2.45, 2.75) is 13.8 Å². The Bertz CT molecular complexity index is 728. The summed E-state index contributed by atoms with van der Waals surface area (Å²) in [5.74, 6) is -0.980. The molecule has 4 nitrogen and oxygen atoms in total. The number of ether oxygens (including phenoxy) is 1. The van der Waals surface area contributed by atoms with Crippen LogP contribution >= 0.6 is 0 Å². The summed E-state index contributed by atoms with van der Waals surface area (Å²) < 4.78 is 32.0. The predicted molar refractivity (Wildman–Crippen MR) is 83.6 cm³/mol. The topological polar surface area (TPSA) is 50.7 Å². The molecule has 0 aliphatic rings. The molecule has 0 saturated heterocycles. The van der Waals surface area contributed by atoms with Crippen LogP contribution in [0.5, 0.6) is 5.75 Å². The van der Waals surface area contributed by atoms with Gasteiger partial charge < -0.3 is 4.74 Å². The molecule has 0 heterocycles. The molecule has 0 aliphatic carbocycles. The Morgan fingerprint density at radius 3 is 2.52 bits per heavy atom. The van der Waals surface area contributed by atoms with Crippen LogP contribution in [0.1, 0.15) is 29.8 Å². The number of nitrogens with one attached hydrogen (secondary N) is 1. The summed E-state index contributed by atoms with van der Waals surface area (Å²) in [6, 6.07) is 9.57. The van der Waals surface area contributed by atoms with Gasteiger partial charge in [0.05, 0.1) is 12.3 Å². The molecule has 0 fully saturated rings. The Morgan fingerprint density at radius 2 is 1.87 bits per heavy atom. The predicted octanol–water partition coefficient (Wildman–Crippen LogP) is 3.52. The van der Waals surface area contributed by atoms with Gasteiger partial charge in [-0.2, -0.15) is 5.10 Å². The third-order valence-corrected chi connectivity index (χ3v) is 3.07. The van der Waals surface area contributed by atoms with Crippen LogP contribution < -0.4 is 10.2 Å². The Kier molecular flexibility index (Phi) is 5.41. The molecule has 0 atom stereocenters. The Labute approximate surface area is 132 Å². The van der Waals surface area contributed by atoms with Gasteiger partial charge in [-0.3, -0.25) is 4.79 Å². The highest BCUT2D eigenvalue weighted by atomic mass is 19.1. The van der Waals surface area contributed by atoms with E-state index in [1.807, 2.05) is 6.92 Å². The number of carbonyl (C=O) groups is 1. The van der Waals surface area contributed by atoms with Gasteiger partial charge in [0.15, 0.2) is 0 Å². The van der Waals surface area contributed by atoms with Crippen LogP contribution in [0.4, 0.5) is 8.78 Å². The average molecular weight is 318 g/mol. The molecule has 2 rings (SSSR count). The van der Waals surface area contributed by atoms with E-state index in [2.05, 4.69) is 10.5 Å². The molecule has 1 amide bonds. The SMILES string of the molecule is CCOc1ccc(C(=O)N/N=C(/C)c2cc(F)ccc2F)cc1. The van der Waals surface area contributed by atoms with E-state index in [-0.39, 0.29) is 11.3 Å². The first kappa shape index (κ1) is 16.6. The highest BCUT2D eigenvalue weighted by molar-refractivity contribution is 6.01. The van der Waals surface area contributed by atoms with Gasteiger partial charge in [0.1, 0.15) is 17.4 Å². The summed E-state index contributed by atoms with van der Waals surface area (Å²) in [6.07, 6.45) is 0. The maximum Gasteiger partial charge on any atom is 0.271 e. The van der Waals surface area contributed by atoms with Gasteiger partial charge in [-0.05, 0) is 56.3 Å². The van der Waals surface area contributed by atoms with Crippen molar-refractivity contribution in [2.75, 3.05) is 6.61 Å². The zero-order valence-corrected chi connectivity index (χ0v) is 12.8. The van der Waals surface area contributed by atoms with Gasteiger partial charge in [-0.15, -0.1) is 0 Å². The van der Waals surface area contributed by atoms with Gasteiger partial charge in [0.25, 0.3) is 5.91 Å². The van der Waals surface area contributed by atoms with Gasteiger partial charge in [-0.25, -0.2) is 14.2 Å². The minimum Gasteiger partial charge on any atom is -0.494 e. The summed E-state index contributed by atoms with van der Waals surface area (Å²) >= 11 is 0. The van der Waals surface area contributed by atoms with Gasteiger partial charge in [0.2, 0.25) is 0 Å². The molecule has 120 valence electrons. The molecule has 1 N–H and O–H groups in total. The first-order valence-corrected chi connectivity index (χ1v) is 7.04. The molecule has 0 radical (unpaired) electrons. The van der Waals surface area contributed by atoms with Crippen molar-refractivity contribution in [1.29, 1.82) is 0 Å². The monoisotopic (exact) mass is 318 g/mol. The summed E-state index contributed by atoms with van der Waals surface area (Å²) in [7, 11) is 0. The van der Waals surface area contributed by atoms with Crippen LogP contribution in [-0.4, -0.2) is 18.2 Å². The van der Waals surface area contributed by atoms with E-state index in [9.17, 15) is 13.6 Å². The van der Waals surface area contributed by atoms with Crippen molar-refractivity contribution in [1.82, 2.24) is 5.43 Å². The van der Waals surface area contributed by atoms with E-state index in [1.54, 1.807) is 24.3 Å². The number of hydrogen-bond donors (Lipinski definition) is 1. The molecule has 0 saturated carbocycles. The van der Waals surface area contributed by atoms with Crippen molar-refractivity contribution in [2.24, 2.45) is 5.10 Å². The van der Waals surface area contributed by atoms with E-state index < -0.39 is 17.5 Å². The first-order valence-electron chi connectivity index (χ1n) is 7.04. The second-order valence-corrected chi connectivity index (χ2v) is 4.72. The fourth-order valence-electron chi connectivity index (χ4n) is 1.90. The minimum atomic E-state index is -0.608. The molecule has 0 spiro atoms. The normalized spacial score (nSPS) is 11.2. The van der Waals surface area contributed by atoms with Crippen LogP contribution in [0, 0.1) is 11.6 Å². The maximum absolute atomic E-state index is 13.6. The number of amides is 1. The lowest BCUT2D eigenvalue weighted by Gasteiger charge is -2.06. The van der Waals surface area contributed by atoms with Crippen molar-refractivity contribution >= 4 is 11.6 Å². The van der Waals surface area contributed by atoms with E-state index in [0.29, 0.717) is 17.9 Å². The van der Waals surface area contributed by atoms with E-state index in [4.69, 9.17) is 4.74 Å². The second kappa shape index (κ2) is 7.49. The smallest absolute Gasteiger partial charge is 0.271 e. The number of benzene rings is 2. The molecule has 2 aromatic rings.